The third kappa shape index (κ3) is 4.18. The number of hydrogen-bond acceptors (Lipinski definition) is 3. The Balaban J connectivity index is 1.65. The maximum atomic E-state index is 11.8. The van der Waals surface area contributed by atoms with Crippen molar-refractivity contribution in [2.45, 2.75) is 18.9 Å². The van der Waals surface area contributed by atoms with Gasteiger partial charge in [-0.25, -0.2) is 4.79 Å². The second-order valence-electron chi connectivity index (χ2n) is 5.64. The molecule has 0 bridgehead atoms. The van der Waals surface area contributed by atoms with Crippen LogP contribution in [0, 0.1) is 5.92 Å². The molecule has 114 valence electrons. The van der Waals surface area contributed by atoms with Crippen LogP contribution in [0.25, 0.3) is 0 Å². The number of carbonyl (C=O) groups is 1. The highest BCUT2D eigenvalue weighted by Crippen LogP contribution is 2.29. The fourth-order valence-electron chi connectivity index (χ4n) is 2.33. The van der Waals surface area contributed by atoms with E-state index >= 15 is 0 Å². The Kier molecular flexibility index (Phi) is 4.86. The van der Waals surface area contributed by atoms with Gasteiger partial charge in [0.05, 0.1) is 6.61 Å². The van der Waals surface area contributed by atoms with Gasteiger partial charge in [-0.05, 0) is 29.9 Å². The van der Waals surface area contributed by atoms with Crippen LogP contribution in [0.3, 0.4) is 0 Å². The van der Waals surface area contributed by atoms with Gasteiger partial charge >= 0.3 is 5.97 Å². The van der Waals surface area contributed by atoms with Crippen LogP contribution >= 0.6 is 0 Å². The van der Waals surface area contributed by atoms with Crippen molar-refractivity contribution in [1.82, 2.24) is 0 Å². The Hall–Kier alpha value is -2.13. The molecule has 1 aliphatic carbocycles. The van der Waals surface area contributed by atoms with Crippen LogP contribution in [0.15, 0.2) is 60.7 Å². The van der Waals surface area contributed by atoms with Gasteiger partial charge in [-0.15, -0.1) is 0 Å². The highest BCUT2D eigenvalue weighted by Gasteiger charge is 2.23. The lowest BCUT2D eigenvalue weighted by molar-refractivity contribution is -0.150. The predicted octanol–water partition coefficient (Wildman–Crippen LogP) is 3.75. The molecule has 0 saturated heterocycles. The lowest BCUT2D eigenvalue weighted by Gasteiger charge is -2.18. The second-order valence-corrected chi connectivity index (χ2v) is 5.64. The Morgan fingerprint density at radius 3 is 2.00 bits per heavy atom. The topological polar surface area (TPSA) is 35.5 Å². The average molecular weight is 296 g/mol. The van der Waals surface area contributed by atoms with Crippen molar-refractivity contribution in [2.24, 2.45) is 5.92 Å². The summed E-state index contributed by atoms with van der Waals surface area (Å²) >= 11 is 0. The maximum Gasteiger partial charge on any atom is 0.332 e. The van der Waals surface area contributed by atoms with E-state index < -0.39 is 0 Å². The minimum absolute atomic E-state index is 0.0266. The molecular weight excluding hydrogens is 276 g/mol. The lowest BCUT2D eigenvalue weighted by atomic mass is 10.0. The summed E-state index contributed by atoms with van der Waals surface area (Å²) in [6, 6.07) is 19.9. The van der Waals surface area contributed by atoms with Crippen LogP contribution < -0.4 is 0 Å². The Morgan fingerprint density at radius 1 is 0.955 bits per heavy atom. The standard InChI is InChI=1S/C19H20O3/c20-18(21-13-15-11-12-15)14-22-19(16-7-3-1-4-8-16)17-9-5-2-6-10-17/h1-10,15,19H,11-14H2. The van der Waals surface area contributed by atoms with Crippen molar-refractivity contribution < 1.29 is 14.3 Å². The molecule has 2 aromatic carbocycles. The van der Waals surface area contributed by atoms with Crippen molar-refractivity contribution >= 4 is 5.97 Å². The molecular formula is C19H20O3. The number of hydrogen-bond donors (Lipinski definition) is 0. The van der Waals surface area contributed by atoms with Crippen LogP contribution in [0.1, 0.15) is 30.1 Å². The molecule has 0 radical (unpaired) electrons. The fraction of sp³-hybridized carbons (Fsp3) is 0.316. The Morgan fingerprint density at radius 2 is 1.50 bits per heavy atom. The predicted molar refractivity (Wildman–Crippen MR) is 84.4 cm³/mol. The van der Waals surface area contributed by atoms with E-state index in [2.05, 4.69) is 0 Å². The third-order valence-electron chi connectivity index (χ3n) is 3.75. The summed E-state index contributed by atoms with van der Waals surface area (Å²) in [4.78, 5) is 11.8. The molecule has 3 rings (SSSR count). The summed E-state index contributed by atoms with van der Waals surface area (Å²) in [5.74, 6) is 0.284. The zero-order valence-corrected chi connectivity index (χ0v) is 12.5. The normalized spacial score (nSPS) is 14.0. The molecule has 3 nitrogen and oxygen atoms in total. The first-order valence-electron chi connectivity index (χ1n) is 7.70. The maximum absolute atomic E-state index is 11.8. The first-order valence-corrected chi connectivity index (χ1v) is 7.70. The summed E-state index contributed by atoms with van der Waals surface area (Å²) in [7, 11) is 0. The number of rotatable bonds is 7. The zero-order valence-electron chi connectivity index (χ0n) is 12.5. The van der Waals surface area contributed by atoms with E-state index in [1.165, 1.54) is 12.8 Å². The summed E-state index contributed by atoms with van der Waals surface area (Å²) in [5, 5.41) is 0. The molecule has 0 amide bonds. The van der Waals surface area contributed by atoms with Crippen molar-refractivity contribution in [1.29, 1.82) is 0 Å². The molecule has 1 saturated carbocycles. The monoisotopic (exact) mass is 296 g/mol. The summed E-state index contributed by atoms with van der Waals surface area (Å²) < 4.78 is 11.1. The molecule has 0 heterocycles. The first kappa shape index (κ1) is 14.8. The van der Waals surface area contributed by atoms with Crippen molar-refractivity contribution in [3.8, 4) is 0 Å². The van der Waals surface area contributed by atoms with Gasteiger partial charge < -0.3 is 9.47 Å². The smallest absolute Gasteiger partial charge is 0.332 e. The first-order chi connectivity index (χ1) is 10.8. The second kappa shape index (κ2) is 7.23. The average Bonchev–Trinajstić information content (AvgIpc) is 3.39. The third-order valence-corrected chi connectivity index (χ3v) is 3.75. The van der Waals surface area contributed by atoms with Crippen LogP contribution in [0.5, 0.6) is 0 Å². The van der Waals surface area contributed by atoms with Gasteiger partial charge in [0.25, 0.3) is 0 Å². The number of ether oxygens (including phenoxy) is 2. The number of benzene rings is 2. The summed E-state index contributed by atoms with van der Waals surface area (Å²) in [6.07, 6.45) is 2.09. The zero-order chi connectivity index (χ0) is 15.2. The van der Waals surface area contributed by atoms with E-state index in [0.29, 0.717) is 12.5 Å². The molecule has 0 aliphatic heterocycles. The lowest BCUT2D eigenvalue weighted by Crippen LogP contribution is -2.17. The largest absolute Gasteiger partial charge is 0.464 e. The molecule has 3 heteroatoms. The van der Waals surface area contributed by atoms with Gasteiger partial charge in [0, 0.05) is 0 Å². The van der Waals surface area contributed by atoms with E-state index in [0.717, 1.165) is 11.1 Å². The van der Waals surface area contributed by atoms with Gasteiger partial charge in [-0.2, -0.15) is 0 Å². The molecule has 2 aromatic rings. The fourth-order valence-corrected chi connectivity index (χ4v) is 2.33. The minimum atomic E-state index is -0.288. The van der Waals surface area contributed by atoms with Crippen molar-refractivity contribution in [2.75, 3.05) is 13.2 Å². The van der Waals surface area contributed by atoms with E-state index in [1.807, 2.05) is 60.7 Å². The summed E-state index contributed by atoms with van der Waals surface area (Å²) in [6.45, 7) is 0.505. The Bertz CT molecular complexity index is 551. The highest BCUT2D eigenvalue weighted by molar-refractivity contribution is 5.70. The molecule has 0 spiro atoms. The van der Waals surface area contributed by atoms with E-state index in [4.69, 9.17) is 9.47 Å². The SMILES string of the molecule is O=C(COC(c1ccccc1)c1ccccc1)OCC1CC1. The van der Waals surface area contributed by atoms with Gasteiger partial charge in [-0.1, -0.05) is 60.7 Å². The van der Waals surface area contributed by atoms with Crippen LogP contribution in [0.2, 0.25) is 0 Å². The number of carbonyl (C=O) groups excluding carboxylic acids is 1. The van der Waals surface area contributed by atoms with Crippen LogP contribution in [-0.2, 0) is 14.3 Å². The molecule has 0 atom stereocenters. The highest BCUT2D eigenvalue weighted by atomic mass is 16.6. The van der Waals surface area contributed by atoms with Gasteiger partial charge in [-0.3, -0.25) is 0 Å². The number of esters is 1. The van der Waals surface area contributed by atoms with Gasteiger partial charge in [0.15, 0.2) is 0 Å². The molecule has 0 aromatic heterocycles. The quantitative estimate of drug-likeness (QED) is 0.730. The molecule has 0 unspecified atom stereocenters. The van der Waals surface area contributed by atoms with E-state index in [1.54, 1.807) is 0 Å². The van der Waals surface area contributed by atoms with Crippen molar-refractivity contribution in [3.05, 3.63) is 71.8 Å². The summed E-state index contributed by atoms with van der Waals surface area (Å²) in [5.41, 5.74) is 2.06. The molecule has 22 heavy (non-hydrogen) atoms. The van der Waals surface area contributed by atoms with Crippen molar-refractivity contribution in [3.63, 3.8) is 0 Å². The van der Waals surface area contributed by atoms with Crippen LogP contribution in [0.4, 0.5) is 0 Å². The van der Waals surface area contributed by atoms with Gasteiger partial charge in [0.1, 0.15) is 12.7 Å². The van der Waals surface area contributed by atoms with Gasteiger partial charge in [0.2, 0.25) is 0 Å². The van der Waals surface area contributed by atoms with Crippen LogP contribution in [-0.4, -0.2) is 19.2 Å². The minimum Gasteiger partial charge on any atom is -0.464 e. The Labute approximate surface area is 130 Å². The molecule has 0 N–H and O–H groups in total. The molecule has 1 aliphatic rings. The van der Waals surface area contributed by atoms with E-state index in [-0.39, 0.29) is 18.7 Å². The molecule has 1 fully saturated rings. The van der Waals surface area contributed by atoms with E-state index in [9.17, 15) is 4.79 Å².